The number of aromatic nitrogens is 4. The van der Waals surface area contributed by atoms with Crippen molar-refractivity contribution < 1.29 is 28.6 Å². The summed E-state index contributed by atoms with van der Waals surface area (Å²) >= 11 is 0. The second-order valence-electron chi connectivity index (χ2n) is 9.56. The minimum atomic E-state index is -0.695. The van der Waals surface area contributed by atoms with Crippen molar-refractivity contribution in [2.24, 2.45) is 0 Å². The summed E-state index contributed by atoms with van der Waals surface area (Å²) in [5.74, 6) is -0.709. The molecule has 1 aromatic carbocycles. The van der Waals surface area contributed by atoms with Crippen molar-refractivity contribution in [2.75, 3.05) is 25.7 Å². The highest BCUT2D eigenvalue weighted by Crippen LogP contribution is 2.25. The molecule has 1 N–H and O–H groups in total. The number of ether oxygens (including phenoxy) is 3. The second kappa shape index (κ2) is 13.0. The molecular formula is C26H34N6O6. The van der Waals surface area contributed by atoms with E-state index in [-0.39, 0.29) is 25.6 Å². The molecular weight excluding hydrogens is 492 g/mol. The van der Waals surface area contributed by atoms with Crippen molar-refractivity contribution in [1.29, 1.82) is 0 Å². The third-order valence-corrected chi connectivity index (χ3v) is 5.52. The first-order valence-corrected chi connectivity index (χ1v) is 12.2. The van der Waals surface area contributed by atoms with Crippen LogP contribution in [0.25, 0.3) is 11.2 Å². The quantitative estimate of drug-likeness (QED) is 0.295. The van der Waals surface area contributed by atoms with Gasteiger partial charge in [0, 0.05) is 20.2 Å². The molecule has 2 amide bonds. The van der Waals surface area contributed by atoms with Crippen LogP contribution in [-0.2, 0) is 36.9 Å². The number of carbonyl (C=O) groups excluding carboxylic acids is 3. The van der Waals surface area contributed by atoms with Gasteiger partial charge in [0.05, 0.1) is 26.1 Å². The molecule has 2 aromatic heterocycles. The average molecular weight is 527 g/mol. The maximum Gasteiger partial charge on any atom is 0.416 e. The molecule has 1 atom stereocenters. The lowest BCUT2D eigenvalue weighted by Gasteiger charge is -2.27. The number of methoxy groups -OCH3 is 2. The maximum absolute atomic E-state index is 13.2. The highest BCUT2D eigenvalue weighted by Gasteiger charge is 2.27. The van der Waals surface area contributed by atoms with Crippen molar-refractivity contribution in [2.45, 2.75) is 58.4 Å². The standard InChI is InChI=1S/C26H34N6O6/c1-26(2,3)38-25(35)32(15-18-9-7-6-8-10-18)24-22-23(28-16-29-24)31(17-30-22)12-11-19(36-4)14-27-20(33)13-21(34)37-5/h6-10,16-17,19H,11-15H2,1-5H3,(H,27,33). The molecule has 1 unspecified atom stereocenters. The Morgan fingerprint density at radius 2 is 1.82 bits per heavy atom. The van der Waals surface area contributed by atoms with Crippen LogP contribution in [0.5, 0.6) is 0 Å². The number of anilines is 1. The average Bonchev–Trinajstić information content (AvgIpc) is 3.30. The van der Waals surface area contributed by atoms with Gasteiger partial charge in [0.2, 0.25) is 5.91 Å². The SMILES string of the molecule is COC(=O)CC(=O)NCC(CCn1cnc2c(N(Cc3ccccc3)C(=O)OC(C)(C)C)ncnc21)OC. The Morgan fingerprint density at radius 1 is 1.08 bits per heavy atom. The summed E-state index contributed by atoms with van der Waals surface area (Å²) in [6, 6.07) is 9.55. The number of hydrogen-bond donors (Lipinski definition) is 1. The van der Waals surface area contributed by atoms with E-state index in [2.05, 4.69) is 25.0 Å². The summed E-state index contributed by atoms with van der Waals surface area (Å²) < 4.78 is 17.5. The Bertz CT molecular complexity index is 1240. The van der Waals surface area contributed by atoms with Gasteiger partial charge >= 0.3 is 12.1 Å². The van der Waals surface area contributed by atoms with Crippen LogP contribution in [0.4, 0.5) is 10.6 Å². The summed E-state index contributed by atoms with van der Waals surface area (Å²) in [5, 5.41) is 2.67. The van der Waals surface area contributed by atoms with Crippen molar-refractivity contribution >= 4 is 35.0 Å². The normalized spacial score (nSPS) is 12.1. The van der Waals surface area contributed by atoms with Crippen LogP contribution in [0.3, 0.4) is 0 Å². The van der Waals surface area contributed by atoms with Crippen molar-refractivity contribution in [3.8, 4) is 0 Å². The van der Waals surface area contributed by atoms with Gasteiger partial charge in [0.25, 0.3) is 0 Å². The smallest absolute Gasteiger partial charge is 0.416 e. The van der Waals surface area contributed by atoms with E-state index in [4.69, 9.17) is 9.47 Å². The number of hydrogen-bond acceptors (Lipinski definition) is 9. The zero-order valence-electron chi connectivity index (χ0n) is 22.3. The largest absolute Gasteiger partial charge is 0.469 e. The monoisotopic (exact) mass is 526 g/mol. The number of nitrogens with zero attached hydrogens (tertiary/aromatic N) is 5. The van der Waals surface area contributed by atoms with Gasteiger partial charge < -0.3 is 24.1 Å². The molecule has 0 aliphatic heterocycles. The highest BCUT2D eigenvalue weighted by molar-refractivity contribution is 5.95. The number of benzene rings is 1. The lowest BCUT2D eigenvalue weighted by Crippen LogP contribution is -2.37. The minimum Gasteiger partial charge on any atom is -0.469 e. The van der Waals surface area contributed by atoms with Crippen LogP contribution in [-0.4, -0.2) is 70.0 Å². The van der Waals surface area contributed by atoms with E-state index in [1.165, 1.54) is 18.3 Å². The van der Waals surface area contributed by atoms with E-state index >= 15 is 0 Å². The van der Waals surface area contributed by atoms with Gasteiger partial charge in [-0.05, 0) is 32.8 Å². The van der Waals surface area contributed by atoms with Crippen LogP contribution in [0.15, 0.2) is 43.0 Å². The number of imidazole rings is 1. The topological polar surface area (TPSA) is 138 Å². The third-order valence-electron chi connectivity index (χ3n) is 5.52. The van der Waals surface area contributed by atoms with Crippen molar-refractivity contribution in [3.63, 3.8) is 0 Å². The molecule has 0 aliphatic carbocycles. The van der Waals surface area contributed by atoms with Crippen LogP contribution in [0, 0.1) is 0 Å². The number of carbonyl (C=O) groups is 3. The molecule has 204 valence electrons. The predicted octanol–water partition coefficient (Wildman–Crippen LogP) is 2.85. The molecule has 0 aliphatic rings. The van der Waals surface area contributed by atoms with E-state index < -0.39 is 23.6 Å². The number of esters is 1. The van der Waals surface area contributed by atoms with Gasteiger partial charge in [-0.1, -0.05) is 30.3 Å². The van der Waals surface area contributed by atoms with E-state index in [9.17, 15) is 14.4 Å². The fourth-order valence-corrected chi connectivity index (χ4v) is 3.62. The van der Waals surface area contributed by atoms with Gasteiger partial charge in [0.1, 0.15) is 18.3 Å². The van der Waals surface area contributed by atoms with E-state index in [0.29, 0.717) is 29.9 Å². The number of amides is 2. The number of nitrogens with one attached hydrogen (secondary N) is 1. The van der Waals surface area contributed by atoms with Gasteiger partial charge in [-0.3, -0.25) is 14.5 Å². The van der Waals surface area contributed by atoms with E-state index in [0.717, 1.165) is 5.56 Å². The van der Waals surface area contributed by atoms with E-state index in [1.54, 1.807) is 34.2 Å². The molecule has 0 radical (unpaired) electrons. The minimum absolute atomic E-state index is 0.225. The maximum atomic E-state index is 13.2. The molecule has 38 heavy (non-hydrogen) atoms. The Kier molecular flexibility index (Phi) is 9.72. The zero-order valence-corrected chi connectivity index (χ0v) is 22.3. The number of fused-ring (bicyclic) bond motifs is 1. The molecule has 2 heterocycles. The Labute approximate surface area is 221 Å². The van der Waals surface area contributed by atoms with Crippen LogP contribution in [0.1, 0.15) is 39.2 Å². The molecule has 0 saturated carbocycles. The summed E-state index contributed by atoms with van der Waals surface area (Å²) in [6.45, 7) is 6.36. The van der Waals surface area contributed by atoms with Crippen LogP contribution < -0.4 is 10.2 Å². The Morgan fingerprint density at radius 3 is 2.47 bits per heavy atom. The van der Waals surface area contributed by atoms with E-state index in [1.807, 2.05) is 34.9 Å². The molecule has 3 aromatic rings. The highest BCUT2D eigenvalue weighted by atomic mass is 16.6. The zero-order chi connectivity index (χ0) is 27.7. The Balaban J connectivity index is 1.78. The predicted molar refractivity (Wildman–Crippen MR) is 139 cm³/mol. The van der Waals surface area contributed by atoms with Crippen molar-refractivity contribution in [1.82, 2.24) is 24.8 Å². The van der Waals surface area contributed by atoms with Gasteiger partial charge in [-0.15, -0.1) is 0 Å². The molecule has 0 bridgehead atoms. The fourth-order valence-electron chi connectivity index (χ4n) is 3.62. The lowest BCUT2D eigenvalue weighted by atomic mass is 10.2. The van der Waals surface area contributed by atoms with Gasteiger partial charge in [-0.25, -0.2) is 19.7 Å². The Hall–Kier alpha value is -4.06. The molecule has 0 spiro atoms. The molecule has 3 rings (SSSR count). The number of aryl methyl sites for hydroxylation is 1. The molecule has 0 fully saturated rings. The van der Waals surface area contributed by atoms with Crippen LogP contribution in [0.2, 0.25) is 0 Å². The molecule has 12 nitrogen and oxygen atoms in total. The molecule has 12 heteroatoms. The first-order chi connectivity index (χ1) is 18.1. The summed E-state index contributed by atoms with van der Waals surface area (Å²) in [5.41, 5.74) is 1.21. The molecule has 0 saturated heterocycles. The van der Waals surface area contributed by atoms with Gasteiger partial charge in [0.15, 0.2) is 17.0 Å². The van der Waals surface area contributed by atoms with Crippen molar-refractivity contribution in [3.05, 3.63) is 48.5 Å². The second-order valence-corrected chi connectivity index (χ2v) is 9.56. The summed E-state index contributed by atoms with van der Waals surface area (Å²) in [6.07, 6.45) is 2.33. The summed E-state index contributed by atoms with van der Waals surface area (Å²) in [4.78, 5) is 51.1. The third kappa shape index (κ3) is 7.97. The van der Waals surface area contributed by atoms with Crippen LogP contribution >= 0.6 is 0 Å². The van der Waals surface area contributed by atoms with Gasteiger partial charge in [-0.2, -0.15) is 0 Å². The number of rotatable bonds is 11. The first-order valence-electron chi connectivity index (χ1n) is 12.2. The summed E-state index contributed by atoms with van der Waals surface area (Å²) in [7, 11) is 2.78. The lowest BCUT2D eigenvalue weighted by molar-refractivity contribution is -0.143. The first kappa shape index (κ1) is 28.5. The fraction of sp³-hybridized carbons (Fsp3) is 0.462.